The molecule has 0 aromatic heterocycles. The van der Waals surface area contributed by atoms with E-state index in [-0.39, 0.29) is 7.43 Å². The molecule has 0 radical (unpaired) electrons. The fraction of sp³-hybridized carbons (Fsp3) is 1.00. The molecule has 0 heteroatoms. The lowest BCUT2D eigenvalue weighted by Crippen LogP contribution is -1.89. The molecule has 0 aromatic rings. The van der Waals surface area contributed by atoms with Gasteiger partial charge in [0.1, 0.15) is 0 Å². The molecule has 11 heavy (non-hydrogen) atoms. The van der Waals surface area contributed by atoms with Gasteiger partial charge in [0, 0.05) is 0 Å². The third-order valence-corrected chi connectivity index (χ3v) is 3.49. The van der Waals surface area contributed by atoms with Crippen molar-refractivity contribution in [2.24, 2.45) is 17.3 Å². The molecule has 0 N–H and O–H groups in total. The standard InChI is InChI=1S/C10H20.CH4/c1-5-6-7-9-8(2)10(9,3)4;/h8-9H,5-7H2,1-4H3;1H4. The highest BCUT2D eigenvalue weighted by atomic mass is 14.6. The van der Waals surface area contributed by atoms with Gasteiger partial charge in [-0.05, 0) is 23.7 Å². The minimum absolute atomic E-state index is 0. The SMILES string of the molecule is C.CCCCC1C(C)C1(C)C. The van der Waals surface area contributed by atoms with Gasteiger partial charge in [-0.2, -0.15) is 0 Å². The van der Waals surface area contributed by atoms with Crippen molar-refractivity contribution in [2.75, 3.05) is 0 Å². The van der Waals surface area contributed by atoms with E-state index in [0.717, 1.165) is 11.8 Å². The van der Waals surface area contributed by atoms with Crippen molar-refractivity contribution in [1.82, 2.24) is 0 Å². The molecule has 0 amide bonds. The van der Waals surface area contributed by atoms with Gasteiger partial charge in [0.15, 0.2) is 0 Å². The van der Waals surface area contributed by atoms with Gasteiger partial charge in [-0.1, -0.05) is 48.0 Å². The van der Waals surface area contributed by atoms with E-state index in [1.807, 2.05) is 0 Å². The van der Waals surface area contributed by atoms with Gasteiger partial charge in [-0.25, -0.2) is 0 Å². The molecule has 0 aromatic carbocycles. The summed E-state index contributed by atoms with van der Waals surface area (Å²) in [6.07, 6.45) is 4.25. The quantitative estimate of drug-likeness (QED) is 0.577. The van der Waals surface area contributed by atoms with Crippen LogP contribution in [0.5, 0.6) is 0 Å². The van der Waals surface area contributed by atoms with Crippen molar-refractivity contribution >= 4 is 0 Å². The molecule has 2 unspecified atom stereocenters. The highest BCUT2D eigenvalue weighted by Crippen LogP contribution is 2.59. The minimum atomic E-state index is 0. The van der Waals surface area contributed by atoms with Crippen LogP contribution in [0, 0.1) is 17.3 Å². The highest BCUT2D eigenvalue weighted by Gasteiger charge is 2.53. The van der Waals surface area contributed by atoms with Gasteiger partial charge in [0.2, 0.25) is 0 Å². The number of hydrogen-bond donors (Lipinski definition) is 0. The Bertz CT molecular complexity index is 113. The van der Waals surface area contributed by atoms with Gasteiger partial charge in [-0.3, -0.25) is 0 Å². The maximum absolute atomic E-state index is 2.40. The lowest BCUT2D eigenvalue weighted by Gasteiger charge is -1.99. The van der Waals surface area contributed by atoms with E-state index in [2.05, 4.69) is 27.7 Å². The molecule has 0 nitrogen and oxygen atoms in total. The largest absolute Gasteiger partial charge is 0.0776 e. The van der Waals surface area contributed by atoms with E-state index in [1.165, 1.54) is 19.3 Å². The third kappa shape index (κ3) is 1.98. The average Bonchev–Trinajstić information content (AvgIpc) is 2.31. The Labute approximate surface area is 72.4 Å². The first-order chi connectivity index (χ1) is 4.60. The molecule has 1 saturated carbocycles. The summed E-state index contributed by atoms with van der Waals surface area (Å²) in [6, 6.07) is 0. The molecule has 0 heterocycles. The van der Waals surface area contributed by atoms with Crippen LogP contribution in [0.4, 0.5) is 0 Å². The van der Waals surface area contributed by atoms with Crippen molar-refractivity contribution < 1.29 is 0 Å². The van der Waals surface area contributed by atoms with Crippen LogP contribution in [0.3, 0.4) is 0 Å². The summed E-state index contributed by atoms with van der Waals surface area (Å²) in [5.74, 6) is 2.02. The summed E-state index contributed by atoms with van der Waals surface area (Å²) in [5, 5.41) is 0. The number of rotatable bonds is 3. The maximum Gasteiger partial charge on any atom is -0.0295 e. The van der Waals surface area contributed by atoms with Crippen molar-refractivity contribution in [3.63, 3.8) is 0 Å². The molecular weight excluding hydrogens is 132 g/mol. The Balaban J connectivity index is 0.000001000. The van der Waals surface area contributed by atoms with Crippen LogP contribution >= 0.6 is 0 Å². The summed E-state index contributed by atoms with van der Waals surface area (Å²) in [4.78, 5) is 0. The summed E-state index contributed by atoms with van der Waals surface area (Å²) < 4.78 is 0. The molecular formula is C11H24. The maximum atomic E-state index is 2.40. The predicted octanol–water partition coefficient (Wildman–Crippen LogP) is 4.10. The summed E-state index contributed by atoms with van der Waals surface area (Å²) >= 11 is 0. The lowest BCUT2D eigenvalue weighted by atomic mass is 10.1. The van der Waals surface area contributed by atoms with Crippen LogP contribution < -0.4 is 0 Å². The summed E-state index contributed by atoms with van der Waals surface area (Å²) in [7, 11) is 0. The zero-order valence-electron chi connectivity index (χ0n) is 7.78. The molecule has 2 atom stereocenters. The van der Waals surface area contributed by atoms with Gasteiger partial charge >= 0.3 is 0 Å². The molecule has 1 rings (SSSR count). The monoisotopic (exact) mass is 156 g/mol. The molecule has 0 saturated heterocycles. The van der Waals surface area contributed by atoms with Crippen LogP contribution in [0.2, 0.25) is 0 Å². The lowest BCUT2D eigenvalue weighted by molar-refractivity contribution is 0.512. The van der Waals surface area contributed by atoms with E-state index in [1.54, 1.807) is 0 Å². The topological polar surface area (TPSA) is 0 Å². The second-order valence-corrected chi connectivity index (χ2v) is 4.36. The second kappa shape index (κ2) is 3.60. The molecule has 0 aliphatic heterocycles. The number of hydrogen-bond acceptors (Lipinski definition) is 0. The van der Waals surface area contributed by atoms with Crippen molar-refractivity contribution in [2.45, 2.75) is 54.4 Å². The van der Waals surface area contributed by atoms with E-state index < -0.39 is 0 Å². The van der Waals surface area contributed by atoms with Crippen LogP contribution in [0.25, 0.3) is 0 Å². The Morgan fingerprint density at radius 2 is 1.73 bits per heavy atom. The molecule has 1 aliphatic rings. The normalized spacial score (nSPS) is 32.7. The first-order valence-electron chi connectivity index (χ1n) is 4.60. The first-order valence-corrected chi connectivity index (χ1v) is 4.60. The fourth-order valence-electron chi connectivity index (χ4n) is 2.06. The van der Waals surface area contributed by atoms with E-state index in [0.29, 0.717) is 5.41 Å². The van der Waals surface area contributed by atoms with Crippen LogP contribution in [-0.4, -0.2) is 0 Å². The smallest absolute Gasteiger partial charge is 0.0295 e. The highest BCUT2D eigenvalue weighted by molar-refractivity contribution is 5.01. The Morgan fingerprint density at radius 3 is 2.00 bits per heavy atom. The van der Waals surface area contributed by atoms with Crippen molar-refractivity contribution in [3.05, 3.63) is 0 Å². The van der Waals surface area contributed by atoms with E-state index >= 15 is 0 Å². The van der Waals surface area contributed by atoms with Crippen LogP contribution in [-0.2, 0) is 0 Å². The molecule has 0 bridgehead atoms. The van der Waals surface area contributed by atoms with E-state index in [4.69, 9.17) is 0 Å². The van der Waals surface area contributed by atoms with Gasteiger partial charge in [-0.15, -0.1) is 0 Å². The molecule has 0 spiro atoms. The Morgan fingerprint density at radius 1 is 1.27 bits per heavy atom. The van der Waals surface area contributed by atoms with Gasteiger partial charge < -0.3 is 0 Å². The predicted molar refractivity (Wildman–Crippen MR) is 52.7 cm³/mol. The minimum Gasteiger partial charge on any atom is -0.0776 e. The second-order valence-electron chi connectivity index (χ2n) is 4.36. The third-order valence-electron chi connectivity index (χ3n) is 3.49. The molecule has 68 valence electrons. The van der Waals surface area contributed by atoms with Gasteiger partial charge in [0.25, 0.3) is 0 Å². The number of unbranched alkanes of at least 4 members (excludes halogenated alkanes) is 1. The summed E-state index contributed by atoms with van der Waals surface area (Å²) in [5.41, 5.74) is 0.676. The fourth-order valence-corrected chi connectivity index (χ4v) is 2.06. The Kier molecular flexibility index (Phi) is 3.60. The van der Waals surface area contributed by atoms with Crippen molar-refractivity contribution in [3.8, 4) is 0 Å². The summed E-state index contributed by atoms with van der Waals surface area (Å²) in [6.45, 7) is 9.47. The molecule has 1 fully saturated rings. The average molecular weight is 156 g/mol. The Hall–Kier alpha value is 0. The van der Waals surface area contributed by atoms with Crippen molar-refractivity contribution in [1.29, 1.82) is 0 Å². The van der Waals surface area contributed by atoms with E-state index in [9.17, 15) is 0 Å². The van der Waals surface area contributed by atoms with Crippen LogP contribution in [0.1, 0.15) is 54.4 Å². The van der Waals surface area contributed by atoms with Gasteiger partial charge in [0.05, 0.1) is 0 Å². The zero-order valence-corrected chi connectivity index (χ0v) is 7.78. The van der Waals surface area contributed by atoms with Crippen LogP contribution in [0.15, 0.2) is 0 Å². The zero-order chi connectivity index (χ0) is 7.78. The molecule has 1 aliphatic carbocycles. The first kappa shape index (κ1) is 11.0.